The minimum absolute atomic E-state index is 0.0103. The van der Waals surface area contributed by atoms with Crippen molar-refractivity contribution in [3.63, 3.8) is 0 Å². The summed E-state index contributed by atoms with van der Waals surface area (Å²) in [5.74, 6) is 0. The standard InChI is InChI=1S/C85H85BN4O/c1-80(2,3)52-29-37-57(38-30-52)87(58-39-31-53(32-40-58)81(4,5)6)61-45-46-67-70(49-61)89(69-26-22-28-74-76(69)64-24-19-21-27-73(64)91-74)71-50-62(88(59-41-33-54(34-42-59)82(7,8)9)60-43-35-55(36-44-60)83(10,11)12)51-72-77(71)86(67)68-48-56(84(13,14)15)47-65-75-63-23-18-20-25-66(63)85(16,17)79(75)90(72)78(65)68/h18-51H,1-17H3. The fourth-order valence-corrected chi connectivity index (χ4v) is 15.2. The van der Waals surface area contributed by atoms with E-state index in [1.165, 1.54) is 83.2 Å². The Morgan fingerprint density at radius 3 is 1.37 bits per heavy atom. The molecule has 0 bridgehead atoms. The van der Waals surface area contributed by atoms with Crippen LogP contribution in [-0.4, -0.2) is 11.3 Å². The van der Waals surface area contributed by atoms with Crippen LogP contribution in [0.15, 0.2) is 211 Å². The largest absolute Gasteiger partial charge is 0.456 e. The van der Waals surface area contributed by atoms with E-state index in [4.69, 9.17) is 4.42 Å². The summed E-state index contributed by atoms with van der Waals surface area (Å²) < 4.78 is 9.64. The van der Waals surface area contributed by atoms with Crippen LogP contribution in [0.5, 0.6) is 0 Å². The van der Waals surface area contributed by atoms with E-state index in [1.54, 1.807) is 0 Å². The molecule has 0 spiro atoms. The Kier molecular flexibility index (Phi) is 12.8. The van der Waals surface area contributed by atoms with E-state index in [0.717, 1.165) is 73.1 Å². The Hall–Kier alpha value is -9.00. The van der Waals surface area contributed by atoms with Crippen LogP contribution >= 0.6 is 0 Å². The van der Waals surface area contributed by atoms with Crippen molar-refractivity contribution in [3.05, 3.63) is 245 Å². The number of nitrogens with zero attached hydrogens (tertiary/aromatic N) is 4. The second-order valence-electron chi connectivity index (χ2n) is 32.0. The molecular formula is C85H85BN4O. The molecule has 1 aliphatic carbocycles. The molecule has 2 aromatic heterocycles. The van der Waals surface area contributed by atoms with Gasteiger partial charge in [0.1, 0.15) is 11.2 Å². The molecule has 0 N–H and O–H groups in total. The van der Waals surface area contributed by atoms with Gasteiger partial charge in [-0.1, -0.05) is 227 Å². The van der Waals surface area contributed by atoms with Gasteiger partial charge in [0.15, 0.2) is 0 Å². The van der Waals surface area contributed by atoms with Crippen molar-refractivity contribution in [2.45, 2.75) is 150 Å². The number of rotatable bonds is 7. The highest BCUT2D eigenvalue weighted by atomic mass is 16.3. The highest BCUT2D eigenvalue weighted by Crippen LogP contribution is 2.57. The normalized spacial score (nSPS) is 14.3. The predicted molar refractivity (Wildman–Crippen MR) is 390 cm³/mol. The second kappa shape index (κ2) is 20.0. The molecule has 0 amide bonds. The average Bonchev–Trinajstić information content (AvgIpc) is 1.57. The van der Waals surface area contributed by atoms with Gasteiger partial charge in [-0.05, 0) is 179 Å². The van der Waals surface area contributed by atoms with E-state index in [-0.39, 0.29) is 39.2 Å². The molecule has 0 saturated carbocycles. The maximum absolute atomic E-state index is 6.90. The van der Waals surface area contributed by atoms with Crippen LogP contribution in [0.3, 0.4) is 0 Å². The summed E-state index contributed by atoms with van der Waals surface area (Å²) >= 11 is 0. The van der Waals surface area contributed by atoms with E-state index < -0.39 is 0 Å². The zero-order valence-electron chi connectivity index (χ0n) is 56.4. The second-order valence-corrected chi connectivity index (χ2v) is 32.0. The molecular weight excluding hydrogens is 1100 g/mol. The van der Waals surface area contributed by atoms with Crippen molar-refractivity contribution in [1.82, 2.24) is 4.57 Å². The molecule has 91 heavy (non-hydrogen) atoms. The summed E-state index contributed by atoms with van der Waals surface area (Å²) in [6.07, 6.45) is 0. The van der Waals surface area contributed by atoms with E-state index >= 15 is 0 Å². The van der Waals surface area contributed by atoms with Gasteiger partial charge >= 0.3 is 0 Å². The number of fused-ring (bicyclic) bond motifs is 12. The van der Waals surface area contributed by atoms with Crippen molar-refractivity contribution in [1.29, 1.82) is 0 Å². The van der Waals surface area contributed by atoms with Crippen molar-refractivity contribution in [2.24, 2.45) is 0 Å². The third-order valence-corrected chi connectivity index (χ3v) is 20.3. The molecule has 2 aliphatic heterocycles. The molecule has 0 fully saturated rings. The van der Waals surface area contributed by atoms with Crippen molar-refractivity contribution in [2.75, 3.05) is 14.7 Å². The van der Waals surface area contributed by atoms with Gasteiger partial charge in [0.2, 0.25) is 0 Å². The summed E-state index contributed by atoms with van der Waals surface area (Å²) in [5, 5.41) is 3.49. The lowest BCUT2D eigenvalue weighted by molar-refractivity contribution is 0.590. The lowest BCUT2D eigenvalue weighted by atomic mass is 9.33. The first-order valence-electron chi connectivity index (χ1n) is 32.9. The molecule has 6 heteroatoms. The third kappa shape index (κ3) is 9.23. The Morgan fingerprint density at radius 1 is 0.374 bits per heavy atom. The number of benzene rings is 10. The number of para-hydroxylation sites is 1. The molecule has 0 saturated heterocycles. The fraction of sp³-hybridized carbons (Fsp3) is 0.271. The SMILES string of the molecule is CC(C)(C)c1ccc(N(c2ccc(C(C)(C)C)cc2)c2ccc3c(c2)N(c2cccc4oc5ccccc5c24)c2cc(N(c4ccc(C(C)(C)C)cc4)c4ccc(C(C)(C)C)cc4)cc4c2B3c2cc(C(C)(C)C)cc3c5c(n-4c23)C(C)(C)c2ccccc2-5)cc1. The molecule has 15 rings (SSSR count). The lowest BCUT2D eigenvalue weighted by Crippen LogP contribution is -2.61. The molecule has 0 unspecified atom stereocenters. The molecule has 454 valence electrons. The maximum atomic E-state index is 6.90. The van der Waals surface area contributed by atoms with Crippen LogP contribution < -0.4 is 31.1 Å². The first-order valence-corrected chi connectivity index (χ1v) is 32.9. The minimum atomic E-state index is -0.340. The first kappa shape index (κ1) is 58.4. The van der Waals surface area contributed by atoms with E-state index in [1.807, 2.05) is 0 Å². The van der Waals surface area contributed by atoms with Crippen molar-refractivity contribution >= 4 is 107 Å². The van der Waals surface area contributed by atoms with Crippen LogP contribution in [0, 0.1) is 0 Å². The molecule has 4 heterocycles. The minimum Gasteiger partial charge on any atom is -0.456 e. The number of hydrogen-bond acceptors (Lipinski definition) is 4. The topological polar surface area (TPSA) is 27.8 Å². The number of hydrogen-bond donors (Lipinski definition) is 0. The lowest BCUT2D eigenvalue weighted by Gasteiger charge is -2.43. The number of anilines is 9. The van der Waals surface area contributed by atoms with Gasteiger partial charge < -0.3 is 23.7 Å². The third-order valence-electron chi connectivity index (χ3n) is 20.3. The molecule has 10 aromatic carbocycles. The number of aromatic nitrogens is 1. The molecule has 12 aromatic rings. The van der Waals surface area contributed by atoms with Gasteiger partial charge in [-0.3, -0.25) is 0 Å². The molecule has 3 aliphatic rings. The quantitative estimate of drug-likeness (QED) is 0.149. The summed E-state index contributed by atoms with van der Waals surface area (Å²) in [6, 6.07) is 79.4. The summed E-state index contributed by atoms with van der Waals surface area (Å²) in [6.45, 7) is 39.5. The van der Waals surface area contributed by atoms with Gasteiger partial charge in [0.05, 0.1) is 16.8 Å². The summed E-state index contributed by atoms with van der Waals surface area (Å²) in [7, 11) is 0. The smallest absolute Gasteiger partial charge is 0.252 e. The Bertz CT molecular complexity index is 4790. The zero-order valence-corrected chi connectivity index (χ0v) is 56.4. The zero-order chi connectivity index (χ0) is 63.8. The average molecular weight is 1190 g/mol. The van der Waals surface area contributed by atoms with Gasteiger partial charge in [0.25, 0.3) is 6.71 Å². The van der Waals surface area contributed by atoms with Crippen LogP contribution in [-0.2, 0) is 32.5 Å². The first-order chi connectivity index (χ1) is 43.1. The number of furan rings is 1. The van der Waals surface area contributed by atoms with E-state index in [0.29, 0.717) is 0 Å². The Labute approximate surface area is 540 Å². The molecule has 0 radical (unpaired) electrons. The summed E-state index contributed by atoms with van der Waals surface area (Å²) in [4.78, 5) is 7.63. The van der Waals surface area contributed by atoms with Crippen LogP contribution in [0.1, 0.15) is 157 Å². The van der Waals surface area contributed by atoms with Gasteiger partial charge in [-0.2, -0.15) is 0 Å². The highest BCUT2D eigenvalue weighted by molar-refractivity contribution is 7.00. The summed E-state index contributed by atoms with van der Waals surface area (Å²) in [5.41, 5.74) is 29.3. The van der Waals surface area contributed by atoms with Crippen LogP contribution in [0.25, 0.3) is 49.7 Å². The van der Waals surface area contributed by atoms with Gasteiger partial charge in [-0.25, -0.2) is 0 Å². The van der Waals surface area contributed by atoms with E-state index in [2.05, 4.69) is 343 Å². The van der Waals surface area contributed by atoms with Crippen molar-refractivity contribution < 1.29 is 4.42 Å². The monoisotopic (exact) mass is 1190 g/mol. The molecule has 5 nitrogen and oxygen atoms in total. The highest BCUT2D eigenvalue weighted by Gasteiger charge is 2.49. The van der Waals surface area contributed by atoms with Crippen LogP contribution in [0.4, 0.5) is 51.2 Å². The predicted octanol–water partition coefficient (Wildman–Crippen LogP) is 21.9. The molecule has 0 atom stereocenters. The van der Waals surface area contributed by atoms with E-state index in [9.17, 15) is 0 Å². The van der Waals surface area contributed by atoms with Crippen molar-refractivity contribution in [3.8, 4) is 16.8 Å². The fourth-order valence-electron chi connectivity index (χ4n) is 15.2. The van der Waals surface area contributed by atoms with Gasteiger partial charge in [-0.15, -0.1) is 0 Å². The maximum Gasteiger partial charge on any atom is 0.252 e. The van der Waals surface area contributed by atoms with Gasteiger partial charge in [0, 0.05) is 78.5 Å². The Morgan fingerprint density at radius 2 is 0.835 bits per heavy atom. The Balaban J connectivity index is 1.10. The van der Waals surface area contributed by atoms with Crippen LogP contribution in [0.2, 0.25) is 0 Å².